The Hall–Kier alpha value is -5.39. The Morgan fingerprint density at radius 1 is 0.708 bits per heavy atom. The van der Waals surface area contributed by atoms with Crippen molar-refractivity contribution >= 4 is 46.2 Å². The smallest absolute Gasteiger partial charge is 0.120 e. The average Bonchev–Trinajstić information content (AvgIpc) is 3.84. The number of rotatable bonds is 9. The molecule has 0 aliphatic heterocycles. The van der Waals surface area contributed by atoms with Gasteiger partial charge in [0.15, 0.2) is 0 Å². The molecule has 0 saturated carbocycles. The molecule has 0 saturated heterocycles. The van der Waals surface area contributed by atoms with Crippen LogP contribution in [0.3, 0.4) is 0 Å². The summed E-state index contributed by atoms with van der Waals surface area (Å²) >= 11 is 0. The van der Waals surface area contributed by atoms with Crippen molar-refractivity contribution in [2.45, 2.75) is 106 Å². The van der Waals surface area contributed by atoms with E-state index in [0.29, 0.717) is 17.8 Å². The Bertz CT molecular complexity index is 3040. The number of pyridine rings is 1. The molecule has 0 unspecified atom stereocenters. The van der Waals surface area contributed by atoms with Crippen molar-refractivity contribution in [2.24, 2.45) is 5.92 Å². The number of para-hydroxylation sites is 3. The number of imidazole rings is 1. The predicted octanol–water partition coefficient (Wildman–Crippen LogP) is 15.9. The number of fused-ring (bicyclic) bond motifs is 4. The standard InChI is InChI=1S/C37H31N2O.C22H32NSi.Ir/c1-23(2)30-21-26(25-13-6-5-7-14-25)22-31(24(3)4)35(30)39-33-19-10-9-18-32(33)38-37(39)29-17-12-16-28-27-15-8-11-20-34(27)40-36(28)29;1-16(2)13-18-14-20(23-15-21(18)24(6,7)8)17-9-11-19(12-10-17)22(3,4)5;/h5-16,18-24H,1-4H3;9,11-12,14-16H,13H2,1-8H3;/q2*-1;. The van der Waals surface area contributed by atoms with Crippen molar-refractivity contribution in [1.82, 2.24) is 14.5 Å². The molecule has 0 fully saturated rings. The summed E-state index contributed by atoms with van der Waals surface area (Å²) in [5.74, 6) is 2.11. The van der Waals surface area contributed by atoms with Gasteiger partial charge in [0, 0.05) is 37.4 Å². The minimum absolute atomic E-state index is 0. The maximum atomic E-state index is 6.47. The van der Waals surface area contributed by atoms with Crippen molar-refractivity contribution in [3.8, 4) is 39.5 Å². The summed E-state index contributed by atoms with van der Waals surface area (Å²) in [4.78, 5) is 10.0. The van der Waals surface area contributed by atoms with E-state index < -0.39 is 8.07 Å². The van der Waals surface area contributed by atoms with Crippen LogP contribution >= 0.6 is 0 Å². The first-order chi connectivity index (χ1) is 30.5. The predicted molar refractivity (Wildman–Crippen MR) is 275 cm³/mol. The molecule has 0 aliphatic carbocycles. The maximum absolute atomic E-state index is 6.47. The van der Waals surface area contributed by atoms with E-state index in [1.165, 1.54) is 44.3 Å². The van der Waals surface area contributed by atoms with Gasteiger partial charge in [0.05, 0.1) is 30.5 Å². The Labute approximate surface area is 401 Å². The summed E-state index contributed by atoms with van der Waals surface area (Å²) < 4.78 is 8.83. The molecule has 0 aliphatic rings. The first-order valence-corrected chi connectivity index (χ1v) is 26.5. The SMILES string of the molecule is CC(C)Cc1cc(-c2[c-]cc(C(C)(C)C)cc2)ncc1[Si](C)(C)C.CC(C)c1cc(-c2ccccc2)cc(C(C)C)c1-n1c(-c2[c-]ccc3c2oc2ccccc23)nc2ccccc21.[Ir]. The Morgan fingerprint density at radius 3 is 2.00 bits per heavy atom. The van der Waals surface area contributed by atoms with Crippen LogP contribution in [-0.4, -0.2) is 22.6 Å². The third-order valence-corrected chi connectivity index (χ3v) is 14.3. The van der Waals surface area contributed by atoms with Crippen molar-refractivity contribution in [3.63, 3.8) is 0 Å². The van der Waals surface area contributed by atoms with Gasteiger partial charge < -0.3 is 14.0 Å². The molecule has 3 aromatic heterocycles. The number of benzene rings is 6. The van der Waals surface area contributed by atoms with E-state index in [9.17, 15) is 0 Å². The average molecular weight is 1050 g/mol. The van der Waals surface area contributed by atoms with E-state index in [2.05, 4.69) is 214 Å². The van der Waals surface area contributed by atoms with Gasteiger partial charge in [0.25, 0.3) is 0 Å². The van der Waals surface area contributed by atoms with Crippen LogP contribution in [0.25, 0.3) is 72.4 Å². The molecule has 9 rings (SSSR count). The fourth-order valence-corrected chi connectivity index (χ4v) is 10.5. The van der Waals surface area contributed by atoms with Gasteiger partial charge in [0.1, 0.15) is 5.58 Å². The second kappa shape index (κ2) is 19.2. The van der Waals surface area contributed by atoms with Crippen LogP contribution in [0.5, 0.6) is 0 Å². The molecular weight excluding hydrogens is 987 g/mol. The number of nitrogens with zero attached hydrogens (tertiary/aromatic N) is 3. The molecule has 1 radical (unpaired) electrons. The Morgan fingerprint density at radius 2 is 1.37 bits per heavy atom. The summed E-state index contributed by atoms with van der Waals surface area (Å²) in [5, 5.41) is 3.68. The molecule has 0 spiro atoms. The molecule has 0 N–H and O–H groups in total. The summed E-state index contributed by atoms with van der Waals surface area (Å²) in [6.07, 6.45) is 3.25. The number of hydrogen-bond acceptors (Lipinski definition) is 3. The Balaban J connectivity index is 0.000000217. The van der Waals surface area contributed by atoms with Gasteiger partial charge in [-0.2, -0.15) is 0 Å². The maximum Gasteiger partial charge on any atom is 0.120 e. The quantitative estimate of drug-likeness (QED) is 0.107. The molecule has 9 aromatic rings. The van der Waals surface area contributed by atoms with Gasteiger partial charge in [-0.3, -0.25) is 4.98 Å². The summed E-state index contributed by atoms with van der Waals surface area (Å²) in [6.45, 7) is 27.6. The first kappa shape index (κ1) is 47.6. The largest absolute Gasteiger partial charge is 0.501 e. The van der Waals surface area contributed by atoms with E-state index >= 15 is 0 Å². The van der Waals surface area contributed by atoms with Crippen molar-refractivity contribution in [3.05, 3.63) is 168 Å². The van der Waals surface area contributed by atoms with Crippen LogP contribution in [0.1, 0.15) is 96.4 Å². The molecule has 0 bridgehead atoms. The fourth-order valence-electron chi connectivity index (χ4n) is 8.87. The molecule has 6 heteroatoms. The number of furan rings is 1. The zero-order chi connectivity index (χ0) is 45.5. The normalized spacial score (nSPS) is 12.0. The number of aromatic nitrogens is 3. The van der Waals surface area contributed by atoms with Crippen LogP contribution in [0, 0.1) is 18.1 Å². The van der Waals surface area contributed by atoms with Crippen molar-refractivity contribution in [2.75, 3.05) is 0 Å². The topological polar surface area (TPSA) is 43.9 Å². The Kier molecular flexibility index (Phi) is 14.1. The van der Waals surface area contributed by atoms with Gasteiger partial charge in [-0.05, 0) is 93.1 Å². The second-order valence-corrected chi connectivity index (χ2v) is 25.5. The van der Waals surface area contributed by atoms with Crippen LogP contribution < -0.4 is 5.19 Å². The number of hydrogen-bond donors (Lipinski definition) is 0. The monoisotopic (exact) mass is 1050 g/mol. The molecular formula is C59H63IrN3OSi-2. The van der Waals surface area contributed by atoms with E-state index in [0.717, 1.165) is 62.0 Å². The van der Waals surface area contributed by atoms with Gasteiger partial charge in [-0.1, -0.05) is 165 Å². The zero-order valence-electron chi connectivity index (χ0n) is 40.2. The molecule has 65 heavy (non-hydrogen) atoms. The summed E-state index contributed by atoms with van der Waals surface area (Å²) in [6, 6.07) is 51.9. The van der Waals surface area contributed by atoms with Crippen LogP contribution in [0.4, 0.5) is 0 Å². The van der Waals surface area contributed by atoms with E-state index in [1.54, 1.807) is 0 Å². The minimum atomic E-state index is -1.38. The van der Waals surface area contributed by atoms with Crippen LogP contribution in [0.15, 0.2) is 138 Å². The molecule has 0 amide bonds. The van der Waals surface area contributed by atoms with Gasteiger partial charge in [-0.15, -0.1) is 53.6 Å². The van der Waals surface area contributed by atoms with E-state index in [1.807, 2.05) is 18.2 Å². The third kappa shape index (κ3) is 9.92. The molecule has 4 nitrogen and oxygen atoms in total. The molecule has 335 valence electrons. The second-order valence-electron chi connectivity index (χ2n) is 20.4. The molecule has 3 heterocycles. The first-order valence-electron chi connectivity index (χ1n) is 23.0. The van der Waals surface area contributed by atoms with Crippen LogP contribution in [-0.2, 0) is 31.9 Å². The van der Waals surface area contributed by atoms with Crippen LogP contribution in [0.2, 0.25) is 19.6 Å². The van der Waals surface area contributed by atoms with Gasteiger partial charge in [0.2, 0.25) is 0 Å². The third-order valence-electron chi connectivity index (χ3n) is 12.2. The summed E-state index contributed by atoms with van der Waals surface area (Å²) in [5.41, 5.74) is 16.0. The summed E-state index contributed by atoms with van der Waals surface area (Å²) in [7, 11) is -1.38. The minimum Gasteiger partial charge on any atom is -0.501 e. The molecule has 0 atom stereocenters. The van der Waals surface area contributed by atoms with E-state index in [-0.39, 0.29) is 25.5 Å². The zero-order valence-corrected chi connectivity index (χ0v) is 43.6. The van der Waals surface area contributed by atoms with Gasteiger partial charge in [-0.25, -0.2) is 0 Å². The van der Waals surface area contributed by atoms with Gasteiger partial charge >= 0.3 is 0 Å². The van der Waals surface area contributed by atoms with Crippen molar-refractivity contribution < 1.29 is 24.5 Å². The van der Waals surface area contributed by atoms with Crippen molar-refractivity contribution in [1.29, 1.82) is 0 Å². The van der Waals surface area contributed by atoms with E-state index in [4.69, 9.17) is 14.4 Å². The molecule has 6 aromatic carbocycles. The fraction of sp³-hybridized carbons (Fsp3) is 0.288.